The van der Waals surface area contributed by atoms with E-state index in [1.54, 1.807) is 6.07 Å². The maximum absolute atomic E-state index is 13.9. The van der Waals surface area contributed by atoms with Crippen LogP contribution in [0.25, 0.3) is 0 Å². The number of benzene rings is 1. The fourth-order valence-electron chi connectivity index (χ4n) is 2.63. The first-order valence-corrected chi connectivity index (χ1v) is 6.87. The maximum Gasteiger partial charge on any atom is 0.135 e. The lowest BCUT2D eigenvalue weighted by Gasteiger charge is -2.31. The summed E-state index contributed by atoms with van der Waals surface area (Å²) in [7, 11) is 0. The van der Waals surface area contributed by atoms with Gasteiger partial charge in [-0.05, 0) is 31.9 Å². The van der Waals surface area contributed by atoms with Crippen LogP contribution >= 0.6 is 12.2 Å². The highest BCUT2D eigenvalue weighted by atomic mass is 32.1. The zero-order valence-corrected chi connectivity index (χ0v) is 11.5. The van der Waals surface area contributed by atoms with E-state index >= 15 is 0 Å². The van der Waals surface area contributed by atoms with Crippen molar-refractivity contribution in [3.8, 4) is 0 Å². The van der Waals surface area contributed by atoms with Crippen molar-refractivity contribution in [2.75, 3.05) is 11.4 Å². The van der Waals surface area contributed by atoms with Crippen molar-refractivity contribution >= 4 is 22.9 Å². The first-order valence-electron chi connectivity index (χ1n) is 6.46. The molecule has 0 bridgehead atoms. The molecule has 1 aromatic carbocycles. The monoisotopic (exact) mass is 266 g/mol. The molecule has 0 saturated carbocycles. The van der Waals surface area contributed by atoms with Crippen LogP contribution in [0.15, 0.2) is 18.2 Å². The molecule has 1 aromatic rings. The van der Waals surface area contributed by atoms with E-state index in [9.17, 15) is 4.39 Å². The highest BCUT2D eigenvalue weighted by molar-refractivity contribution is 7.80. The number of nitrogens with zero attached hydrogens (tertiary/aromatic N) is 1. The summed E-state index contributed by atoms with van der Waals surface area (Å²) < 4.78 is 13.9. The Labute approximate surface area is 113 Å². The maximum atomic E-state index is 13.9. The van der Waals surface area contributed by atoms with Crippen LogP contribution in [0.4, 0.5) is 10.1 Å². The number of rotatable bonds is 2. The van der Waals surface area contributed by atoms with Crippen LogP contribution < -0.4 is 10.6 Å². The quantitative estimate of drug-likeness (QED) is 0.833. The number of halogens is 1. The molecule has 0 radical (unpaired) electrons. The molecule has 0 spiro atoms. The van der Waals surface area contributed by atoms with E-state index in [2.05, 4.69) is 11.8 Å². The van der Waals surface area contributed by atoms with Gasteiger partial charge in [-0.2, -0.15) is 0 Å². The van der Waals surface area contributed by atoms with Gasteiger partial charge in [-0.1, -0.05) is 31.1 Å². The summed E-state index contributed by atoms with van der Waals surface area (Å²) in [6.45, 7) is 3.12. The van der Waals surface area contributed by atoms with E-state index in [1.165, 1.54) is 18.9 Å². The molecule has 1 fully saturated rings. The van der Waals surface area contributed by atoms with Crippen molar-refractivity contribution in [3.63, 3.8) is 0 Å². The first-order chi connectivity index (χ1) is 8.61. The molecule has 1 atom stereocenters. The van der Waals surface area contributed by atoms with Crippen LogP contribution in [0.5, 0.6) is 0 Å². The molecule has 2 nitrogen and oxygen atoms in total. The first kappa shape index (κ1) is 13.3. The van der Waals surface area contributed by atoms with Crippen molar-refractivity contribution in [2.24, 2.45) is 5.73 Å². The number of anilines is 1. The van der Waals surface area contributed by atoms with Gasteiger partial charge in [-0.25, -0.2) is 4.39 Å². The number of thiocarbonyl (C=S) groups is 1. The molecule has 0 amide bonds. The zero-order chi connectivity index (χ0) is 13.1. The Morgan fingerprint density at radius 2 is 2.17 bits per heavy atom. The van der Waals surface area contributed by atoms with E-state index in [-0.39, 0.29) is 10.8 Å². The lowest BCUT2D eigenvalue weighted by molar-refractivity contribution is 0.604. The fourth-order valence-corrected chi connectivity index (χ4v) is 2.83. The Hall–Kier alpha value is -1.16. The summed E-state index contributed by atoms with van der Waals surface area (Å²) in [6, 6.07) is 5.46. The summed E-state index contributed by atoms with van der Waals surface area (Å²) in [4.78, 5) is 2.38. The molecule has 1 aliphatic rings. The van der Waals surface area contributed by atoms with E-state index in [1.807, 2.05) is 6.07 Å². The van der Waals surface area contributed by atoms with Gasteiger partial charge in [-0.15, -0.1) is 0 Å². The normalized spacial score (nSPS) is 20.6. The van der Waals surface area contributed by atoms with E-state index < -0.39 is 0 Å². The van der Waals surface area contributed by atoms with Crippen molar-refractivity contribution in [2.45, 2.75) is 38.6 Å². The molecule has 1 saturated heterocycles. The molecule has 1 aliphatic heterocycles. The summed E-state index contributed by atoms with van der Waals surface area (Å²) in [5.41, 5.74) is 6.91. The van der Waals surface area contributed by atoms with Gasteiger partial charge in [0.2, 0.25) is 0 Å². The third-order valence-electron chi connectivity index (χ3n) is 3.60. The standard InChI is InChI=1S/C14H19FN2S/c1-10-6-3-2-4-9-17(10)12-8-5-7-11(15)13(12)14(16)18/h5,7-8,10H,2-4,6,9H2,1H3,(H2,16,18). The van der Waals surface area contributed by atoms with Gasteiger partial charge in [0.1, 0.15) is 10.8 Å². The second-order valence-electron chi connectivity index (χ2n) is 4.89. The predicted molar refractivity (Wildman–Crippen MR) is 77.6 cm³/mol. The van der Waals surface area contributed by atoms with E-state index in [0.717, 1.165) is 25.1 Å². The molecule has 18 heavy (non-hydrogen) atoms. The number of hydrogen-bond donors (Lipinski definition) is 1. The lowest BCUT2D eigenvalue weighted by atomic mass is 10.1. The minimum atomic E-state index is -0.323. The van der Waals surface area contributed by atoms with Crippen LogP contribution in [0.2, 0.25) is 0 Å². The molecule has 1 heterocycles. The fraction of sp³-hybridized carbons (Fsp3) is 0.500. The molecule has 2 rings (SSSR count). The van der Waals surface area contributed by atoms with Crippen LogP contribution in [0, 0.1) is 5.82 Å². The summed E-state index contributed by atoms with van der Waals surface area (Å²) in [5.74, 6) is -0.323. The Morgan fingerprint density at radius 3 is 2.89 bits per heavy atom. The zero-order valence-electron chi connectivity index (χ0n) is 10.7. The molecule has 98 valence electrons. The number of nitrogens with two attached hydrogens (primary N) is 1. The van der Waals surface area contributed by atoms with Gasteiger partial charge in [0.05, 0.1) is 11.3 Å². The molecule has 0 aromatic heterocycles. The summed E-state index contributed by atoms with van der Waals surface area (Å²) >= 11 is 4.99. The summed E-state index contributed by atoms with van der Waals surface area (Å²) in [5, 5.41) is 0. The minimum absolute atomic E-state index is 0.138. The molecule has 1 unspecified atom stereocenters. The second-order valence-corrected chi connectivity index (χ2v) is 5.33. The minimum Gasteiger partial charge on any atom is -0.389 e. The molecule has 0 aliphatic carbocycles. The Balaban J connectivity index is 2.42. The van der Waals surface area contributed by atoms with Crippen molar-refractivity contribution in [1.82, 2.24) is 0 Å². The van der Waals surface area contributed by atoms with Crippen molar-refractivity contribution < 1.29 is 4.39 Å². The third kappa shape index (κ3) is 2.64. The molecular formula is C14H19FN2S. The Bertz CT molecular complexity index is 447. The third-order valence-corrected chi connectivity index (χ3v) is 3.80. The van der Waals surface area contributed by atoms with Gasteiger partial charge in [0, 0.05) is 12.6 Å². The van der Waals surface area contributed by atoms with Gasteiger partial charge >= 0.3 is 0 Å². The van der Waals surface area contributed by atoms with Crippen molar-refractivity contribution in [3.05, 3.63) is 29.6 Å². The lowest BCUT2D eigenvalue weighted by Crippen LogP contribution is -2.34. The Morgan fingerprint density at radius 1 is 1.39 bits per heavy atom. The van der Waals surface area contributed by atoms with E-state index in [4.69, 9.17) is 18.0 Å². The van der Waals surface area contributed by atoms with E-state index in [0.29, 0.717) is 11.6 Å². The smallest absolute Gasteiger partial charge is 0.135 e. The molecule has 2 N–H and O–H groups in total. The van der Waals surface area contributed by atoms with Gasteiger partial charge in [0.15, 0.2) is 0 Å². The second kappa shape index (κ2) is 5.65. The van der Waals surface area contributed by atoms with Crippen molar-refractivity contribution in [1.29, 1.82) is 0 Å². The van der Waals surface area contributed by atoms with Crippen LogP contribution in [0.3, 0.4) is 0 Å². The van der Waals surface area contributed by atoms with Gasteiger partial charge < -0.3 is 10.6 Å². The summed E-state index contributed by atoms with van der Waals surface area (Å²) in [6.07, 6.45) is 4.73. The number of hydrogen-bond acceptors (Lipinski definition) is 2. The average Bonchev–Trinajstić information content (AvgIpc) is 2.53. The largest absolute Gasteiger partial charge is 0.389 e. The Kier molecular flexibility index (Phi) is 4.17. The highest BCUT2D eigenvalue weighted by Gasteiger charge is 2.22. The van der Waals surface area contributed by atoms with Crippen LogP contribution in [0.1, 0.15) is 38.2 Å². The molecule has 4 heteroatoms. The van der Waals surface area contributed by atoms with Crippen LogP contribution in [-0.4, -0.2) is 17.6 Å². The predicted octanol–water partition coefficient (Wildman–Crippen LogP) is 3.23. The average molecular weight is 266 g/mol. The topological polar surface area (TPSA) is 29.3 Å². The SMILES string of the molecule is CC1CCCCCN1c1cccc(F)c1C(N)=S. The van der Waals surface area contributed by atoms with Crippen LogP contribution in [-0.2, 0) is 0 Å². The highest BCUT2D eigenvalue weighted by Crippen LogP contribution is 2.28. The van der Waals surface area contributed by atoms with Gasteiger partial charge in [0.25, 0.3) is 0 Å². The molecular weight excluding hydrogens is 247 g/mol. The van der Waals surface area contributed by atoms with Gasteiger partial charge in [-0.3, -0.25) is 0 Å².